The lowest BCUT2D eigenvalue weighted by atomic mass is 9.73. The van der Waals surface area contributed by atoms with Crippen LogP contribution in [0.1, 0.15) is 80.6 Å². The number of carbonyl (C=O) groups is 2. The van der Waals surface area contributed by atoms with E-state index in [4.69, 9.17) is 9.47 Å². The first-order chi connectivity index (χ1) is 13.8. The molecule has 7 atom stereocenters. The molecule has 0 aromatic rings. The zero-order chi connectivity index (χ0) is 22.9. The highest BCUT2D eigenvalue weighted by molar-refractivity contribution is 5.88. The van der Waals surface area contributed by atoms with Gasteiger partial charge in [0.05, 0.1) is 35.7 Å². The van der Waals surface area contributed by atoms with E-state index in [0.29, 0.717) is 6.42 Å². The normalized spacial score (nSPS) is 41.7. The fraction of sp³-hybridized carbons (Fsp3) is 0.833. The lowest BCUT2D eigenvalue weighted by Gasteiger charge is -2.34. The first-order valence-corrected chi connectivity index (χ1v) is 11.2. The smallest absolute Gasteiger partial charge is 0.309 e. The molecule has 0 amide bonds. The van der Waals surface area contributed by atoms with Crippen LogP contribution >= 0.6 is 0 Å². The summed E-state index contributed by atoms with van der Waals surface area (Å²) in [6.45, 7) is 12.8. The van der Waals surface area contributed by atoms with Crippen molar-refractivity contribution in [2.45, 2.75) is 111 Å². The number of allylic oxidation sites excluding steroid dienone is 1. The average Bonchev–Trinajstić information content (AvgIpc) is 3.32. The Kier molecular flexibility index (Phi) is 7.92. The highest BCUT2D eigenvalue weighted by atomic mass is 16.6. The van der Waals surface area contributed by atoms with E-state index in [-0.39, 0.29) is 29.8 Å². The molecule has 2 aliphatic heterocycles. The molecule has 6 nitrogen and oxygen atoms in total. The van der Waals surface area contributed by atoms with Crippen LogP contribution in [-0.4, -0.2) is 52.0 Å². The Balaban J connectivity index is 2.26. The quantitative estimate of drug-likeness (QED) is 0.379. The van der Waals surface area contributed by atoms with Gasteiger partial charge in [0, 0.05) is 12.3 Å². The molecule has 0 aliphatic carbocycles. The van der Waals surface area contributed by atoms with Gasteiger partial charge in [-0.25, -0.2) is 0 Å². The van der Waals surface area contributed by atoms with Crippen LogP contribution in [-0.2, 0) is 19.1 Å². The molecule has 0 radical (unpaired) electrons. The Bertz CT molecular complexity index is 669. The summed E-state index contributed by atoms with van der Waals surface area (Å²) >= 11 is 0. The SMILES string of the molecule is C/C=C(\C)C1CC2OC2(C)CCCC(C)C(O)C(C)C(=O)C(C)(C)C(O)CC(=O)O1. The van der Waals surface area contributed by atoms with E-state index in [0.717, 1.165) is 24.8 Å². The summed E-state index contributed by atoms with van der Waals surface area (Å²) in [4.78, 5) is 25.7. The molecule has 2 N–H and O–H groups in total. The number of Topliss-reactive ketones (excluding diaryl/α,β-unsaturated/α-hetero) is 1. The summed E-state index contributed by atoms with van der Waals surface area (Å²) in [5.41, 5.74) is -0.472. The summed E-state index contributed by atoms with van der Waals surface area (Å²) in [6, 6.07) is 0. The molecule has 2 heterocycles. The number of ketones is 1. The van der Waals surface area contributed by atoms with Gasteiger partial charge in [0.1, 0.15) is 11.9 Å². The van der Waals surface area contributed by atoms with E-state index in [1.54, 1.807) is 20.8 Å². The van der Waals surface area contributed by atoms with Gasteiger partial charge in [0.2, 0.25) is 0 Å². The van der Waals surface area contributed by atoms with Gasteiger partial charge in [-0.15, -0.1) is 0 Å². The topological polar surface area (TPSA) is 96.4 Å². The predicted octanol–water partition coefficient (Wildman–Crippen LogP) is 3.58. The van der Waals surface area contributed by atoms with Crippen molar-refractivity contribution in [3.63, 3.8) is 0 Å². The van der Waals surface area contributed by atoms with Gasteiger partial charge in [-0.1, -0.05) is 40.2 Å². The minimum Gasteiger partial charge on any atom is -0.458 e. The molecule has 0 aromatic heterocycles. The lowest BCUT2D eigenvalue weighted by Crippen LogP contribution is -2.45. The fourth-order valence-electron chi connectivity index (χ4n) is 4.48. The maximum Gasteiger partial charge on any atom is 0.309 e. The first kappa shape index (κ1) is 25.0. The molecule has 30 heavy (non-hydrogen) atoms. The highest BCUT2D eigenvalue weighted by Gasteiger charge is 2.53. The number of rotatable bonds is 1. The maximum absolute atomic E-state index is 13.1. The monoisotopic (exact) mass is 424 g/mol. The van der Waals surface area contributed by atoms with Crippen molar-refractivity contribution < 1.29 is 29.3 Å². The predicted molar refractivity (Wildman–Crippen MR) is 115 cm³/mol. The third-order valence-corrected chi connectivity index (χ3v) is 7.37. The van der Waals surface area contributed by atoms with E-state index in [1.807, 2.05) is 26.8 Å². The second-order valence-corrected chi connectivity index (χ2v) is 10.1. The van der Waals surface area contributed by atoms with Crippen molar-refractivity contribution in [1.82, 2.24) is 0 Å². The zero-order valence-electron chi connectivity index (χ0n) is 19.6. The Morgan fingerprint density at radius 1 is 1.17 bits per heavy atom. The van der Waals surface area contributed by atoms with Gasteiger partial charge < -0.3 is 19.7 Å². The molecule has 6 heteroatoms. The van der Waals surface area contributed by atoms with Crippen molar-refractivity contribution in [1.29, 1.82) is 0 Å². The van der Waals surface area contributed by atoms with Crippen LogP contribution in [0.25, 0.3) is 0 Å². The van der Waals surface area contributed by atoms with E-state index >= 15 is 0 Å². The molecular formula is C24H40O6. The molecule has 172 valence electrons. The summed E-state index contributed by atoms with van der Waals surface area (Å²) in [5.74, 6) is -1.46. The van der Waals surface area contributed by atoms with E-state index < -0.39 is 35.6 Å². The van der Waals surface area contributed by atoms with E-state index in [9.17, 15) is 19.8 Å². The Labute approximate surface area is 181 Å². The van der Waals surface area contributed by atoms with E-state index in [2.05, 4.69) is 6.92 Å². The lowest BCUT2D eigenvalue weighted by molar-refractivity contribution is -0.154. The first-order valence-electron chi connectivity index (χ1n) is 11.2. The third-order valence-electron chi connectivity index (χ3n) is 7.37. The van der Waals surface area contributed by atoms with Crippen LogP contribution in [0.3, 0.4) is 0 Å². The minimum atomic E-state index is -1.19. The molecule has 0 spiro atoms. The van der Waals surface area contributed by atoms with Crippen LogP contribution in [0.15, 0.2) is 11.6 Å². The van der Waals surface area contributed by atoms with Gasteiger partial charge in [-0.3, -0.25) is 9.59 Å². The van der Waals surface area contributed by atoms with Crippen molar-refractivity contribution >= 4 is 11.8 Å². The third kappa shape index (κ3) is 5.51. The van der Waals surface area contributed by atoms with Crippen LogP contribution in [0.4, 0.5) is 0 Å². The highest BCUT2D eigenvalue weighted by Crippen LogP contribution is 2.45. The molecule has 2 saturated heterocycles. The Morgan fingerprint density at radius 2 is 1.80 bits per heavy atom. The van der Waals surface area contributed by atoms with Crippen molar-refractivity contribution in [3.05, 3.63) is 11.6 Å². The molecular weight excluding hydrogens is 384 g/mol. The molecule has 0 saturated carbocycles. The van der Waals surface area contributed by atoms with Crippen molar-refractivity contribution in [2.24, 2.45) is 17.3 Å². The number of ether oxygens (including phenoxy) is 2. The molecule has 0 bridgehead atoms. The second kappa shape index (κ2) is 9.49. The number of hydrogen-bond acceptors (Lipinski definition) is 6. The number of cyclic esters (lactones) is 1. The van der Waals surface area contributed by atoms with Gasteiger partial charge in [-0.05, 0) is 45.1 Å². The fourth-order valence-corrected chi connectivity index (χ4v) is 4.48. The average molecular weight is 425 g/mol. The number of aliphatic hydroxyl groups excluding tert-OH is 2. The van der Waals surface area contributed by atoms with Gasteiger partial charge in [0.15, 0.2) is 0 Å². The number of aliphatic hydroxyl groups is 2. The molecule has 2 aliphatic rings. The molecule has 7 unspecified atom stereocenters. The maximum atomic E-state index is 13.1. The van der Waals surface area contributed by atoms with Crippen LogP contribution in [0.2, 0.25) is 0 Å². The van der Waals surface area contributed by atoms with Crippen LogP contribution < -0.4 is 0 Å². The summed E-state index contributed by atoms with van der Waals surface area (Å²) in [5, 5.41) is 21.4. The standard InChI is InChI=1S/C24H40O6/c1-8-14(2)17-12-19-24(7,30-19)11-9-10-15(3)21(27)16(4)22(28)23(5,6)18(25)13-20(26)29-17/h8,15-19,21,25,27H,9-13H2,1-7H3/b14-8+. The number of hydrogen-bond donors (Lipinski definition) is 2. The second-order valence-electron chi connectivity index (χ2n) is 10.1. The van der Waals surface area contributed by atoms with Crippen molar-refractivity contribution in [2.75, 3.05) is 0 Å². The zero-order valence-corrected chi connectivity index (χ0v) is 19.6. The Hall–Kier alpha value is -1.24. The summed E-state index contributed by atoms with van der Waals surface area (Å²) < 4.78 is 11.7. The molecule has 2 fully saturated rings. The van der Waals surface area contributed by atoms with E-state index in [1.165, 1.54) is 0 Å². The van der Waals surface area contributed by atoms with Gasteiger partial charge in [-0.2, -0.15) is 0 Å². The van der Waals surface area contributed by atoms with Crippen LogP contribution in [0.5, 0.6) is 0 Å². The number of fused-ring (bicyclic) bond motifs is 1. The Morgan fingerprint density at radius 3 is 2.40 bits per heavy atom. The number of esters is 1. The summed E-state index contributed by atoms with van der Waals surface area (Å²) in [7, 11) is 0. The van der Waals surface area contributed by atoms with Gasteiger partial charge >= 0.3 is 5.97 Å². The number of epoxide rings is 1. The summed E-state index contributed by atoms with van der Waals surface area (Å²) in [6.07, 6.45) is 2.37. The van der Waals surface area contributed by atoms with Crippen molar-refractivity contribution in [3.8, 4) is 0 Å². The minimum absolute atomic E-state index is 0.0141. The number of carbonyl (C=O) groups excluding carboxylic acids is 2. The van der Waals surface area contributed by atoms with Gasteiger partial charge in [0.25, 0.3) is 0 Å². The largest absolute Gasteiger partial charge is 0.458 e. The molecule has 0 aromatic carbocycles. The van der Waals surface area contributed by atoms with Crippen LogP contribution in [0, 0.1) is 17.3 Å². The molecule has 2 rings (SSSR count).